The first kappa shape index (κ1) is 22.9. The van der Waals surface area contributed by atoms with Crippen molar-refractivity contribution in [2.45, 2.75) is 32.3 Å². The Labute approximate surface area is 174 Å². The Balaban J connectivity index is 1.70. The Bertz CT molecular complexity index is 580. The number of guanidine groups is 1. The lowest BCUT2D eigenvalue weighted by Gasteiger charge is -2.21. The van der Waals surface area contributed by atoms with Gasteiger partial charge in [0.15, 0.2) is 5.96 Å². The van der Waals surface area contributed by atoms with Gasteiger partial charge in [0.2, 0.25) is 0 Å². The van der Waals surface area contributed by atoms with Crippen molar-refractivity contribution in [3.05, 3.63) is 34.9 Å². The van der Waals surface area contributed by atoms with Gasteiger partial charge in [-0.2, -0.15) is 0 Å². The van der Waals surface area contributed by atoms with Crippen molar-refractivity contribution in [1.29, 1.82) is 0 Å². The van der Waals surface area contributed by atoms with Crippen molar-refractivity contribution in [1.82, 2.24) is 10.6 Å². The van der Waals surface area contributed by atoms with Gasteiger partial charge in [-0.25, -0.2) is 0 Å². The Hall–Kier alpha value is -1.34. The molecule has 1 aromatic carbocycles. The molecule has 1 heterocycles. The fraction of sp³-hybridized carbons (Fsp3) is 0.667. The zero-order chi connectivity index (χ0) is 20.0. The third kappa shape index (κ3) is 8.78. The highest BCUT2D eigenvalue weighted by Crippen LogP contribution is 2.20. The largest absolute Gasteiger partial charge is 0.381 e. The number of halogens is 1. The topological polar surface area (TPSA) is 64.1 Å². The summed E-state index contributed by atoms with van der Waals surface area (Å²) in [5, 5.41) is 7.33. The van der Waals surface area contributed by atoms with Gasteiger partial charge in [-0.05, 0) is 49.8 Å². The highest BCUT2D eigenvalue weighted by atomic mass is 35.5. The number of aliphatic imine (C=N–C) groups is 1. The van der Waals surface area contributed by atoms with Gasteiger partial charge in [0, 0.05) is 51.6 Å². The van der Waals surface area contributed by atoms with Gasteiger partial charge in [-0.3, -0.25) is 4.99 Å². The molecule has 7 heteroatoms. The Kier molecular flexibility index (Phi) is 11.3. The van der Waals surface area contributed by atoms with Crippen LogP contribution in [0.5, 0.6) is 0 Å². The van der Waals surface area contributed by atoms with E-state index in [1.54, 1.807) is 7.11 Å². The third-order valence-corrected chi connectivity index (χ3v) is 4.95. The molecule has 2 N–H and O–H groups in total. The van der Waals surface area contributed by atoms with Crippen molar-refractivity contribution < 1.29 is 14.2 Å². The van der Waals surface area contributed by atoms with Crippen LogP contribution in [0.3, 0.4) is 0 Å². The summed E-state index contributed by atoms with van der Waals surface area (Å²) in [7, 11) is 1.69. The van der Waals surface area contributed by atoms with E-state index in [9.17, 15) is 0 Å². The van der Waals surface area contributed by atoms with Gasteiger partial charge in [-0.15, -0.1) is 0 Å². The average molecular weight is 412 g/mol. The van der Waals surface area contributed by atoms with Crippen LogP contribution in [0.2, 0.25) is 5.02 Å². The molecule has 158 valence electrons. The molecular weight excluding hydrogens is 378 g/mol. The Morgan fingerprint density at radius 2 is 2.14 bits per heavy atom. The monoisotopic (exact) mass is 411 g/mol. The Morgan fingerprint density at radius 3 is 2.86 bits per heavy atom. The number of methoxy groups -OCH3 is 1. The van der Waals surface area contributed by atoms with E-state index in [1.807, 2.05) is 24.3 Å². The van der Waals surface area contributed by atoms with Gasteiger partial charge in [0.25, 0.3) is 0 Å². The van der Waals surface area contributed by atoms with Gasteiger partial charge in [0.1, 0.15) is 6.10 Å². The highest BCUT2D eigenvalue weighted by Gasteiger charge is 2.13. The number of hydrogen-bond donors (Lipinski definition) is 2. The van der Waals surface area contributed by atoms with Gasteiger partial charge in [-0.1, -0.05) is 23.7 Å². The SMILES string of the molecule is CCNC(=NCC(OC)c1cccc(Cl)c1)NCCCOCC1CCOCC1. The van der Waals surface area contributed by atoms with Gasteiger partial charge >= 0.3 is 0 Å². The van der Waals surface area contributed by atoms with Crippen LogP contribution < -0.4 is 10.6 Å². The first-order chi connectivity index (χ1) is 13.7. The van der Waals surface area contributed by atoms with E-state index in [1.165, 1.54) is 0 Å². The lowest BCUT2D eigenvalue weighted by molar-refractivity contribution is 0.0203. The van der Waals surface area contributed by atoms with Crippen molar-refractivity contribution in [2.75, 3.05) is 53.2 Å². The van der Waals surface area contributed by atoms with E-state index in [2.05, 4.69) is 22.5 Å². The van der Waals surface area contributed by atoms with Crippen LogP contribution >= 0.6 is 11.6 Å². The van der Waals surface area contributed by atoms with E-state index in [0.29, 0.717) is 17.5 Å². The molecule has 1 atom stereocenters. The normalized spacial score (nSPS) is 16.8. The zero-order valence-electron chi connectivity index (χ0n) is 17.1. The maximum atomic E-state index is 6.08. The molecular formula is C21H34ClN3O3. The standard InChI is InChI=1S/C21H34ClN3O3/c1-3-23-21(24-10-5-11-28-16-17-8-12-27-13-9-17)25-15-20(26-2)18-6-4-7-19(22)14-18/h4,6-7,14,17,20H,3,5,8-13,15-16H2,1-2H3,(H2,23,24,25). The summed E-state index contributed by atoms with van der Waals surface area (Å²) in [4.78, 5) is 4.65. The molecule has 0 bridgehead atoms. The van der Waals surface area contributed by atoms with Crippen molar-refractivity contribution in [3.8, 4) is 0 Å². The molecule has 1 aliphatic heterocycles. The predicted molar refractivity (Wildman–Crippen MR) is 114 cm³/mol. The summed E-state index contributed by atoms with van der Waals surface area (Å²) >= 11 is 6.08. The molecule has 0 amide bonds. The molecule has 2 rings (SSSR count). The second kappa shape index (κ2) is 13.8. The molecule has 6 nitrogen and oxygen atoms in total. The van der Waals surface area contributed by atoms with Crippen molar-refractivity contribution in [3.63, 3.8) is 0 Å². The summed E-state index contributed by atoms with van der Waals surface area (Å²) < 4.78 is 16.8. The summed E-state index contributed by atoms with van der Waals surface area (Å²) in [6, 6.07) is 7.71. The fourth-order valence-electron chi connectivity index (χ4n) is 3.08. The van der Waals surface area contributed by atoms with Crippen molar-refractivity contribution in [2.24, 2.45) is 10.9 Å². The second-order valence-electron chi connectivity index (χ2n) is 6.91. The maximum Gasteiger partial charge on any atom is 0.191 e. The highest BCUT2D eigenvalue weighted by molar-refractivity contribution is 6.30. The summed E-state index contributed by atoms with van der Waals surface area (Å²) in [6.07, 6.45) is 3.04. The number of ether oxygens (including phenoxy) is 3. The molecule has 1 aromatic rings. The average Bonchev–Trinajstić information content (AvgIpc) is 2.71. The molecule has 1 aliphatic rings. The van der Waals surface area contributed by atoms with E-state index >= 15 is 0 Å². The second-order valence-corrected chi connectivity index (χ2v) is 7.35. The molecule has 0 radical (unpaired) electrons. The zero-order valence-corrected chi connectivity index (χ0v) is 17.8. The smallest absolute Gasteiger partial charge is 0.191 e. The fourth-order valence-corrected chi connectivity index (χ4v) is 3.28. The van der Waals surface area contributed by atoms with E-state index in [-0.39, 0.29) is 6.10 Å². The number of rotatable bonds is 11. The molecule has 0 aliphatic carbocycles. The first-order valence-electron chi connectivity index (χ1n) is 10.2. The summed E-state index contributed by atoms with van der Waals surface area (Å²) in [6.45, 7) is 7.53. The van der Waals surface area contributed by atoms with E-state index in [0.717, 1.165) is 70.3 Å². The quantitative estimate of drug-likeness (QED) is 0.332. The van der Waals surface area contributed by atoms with E-state index < -0.39 is 0 Å². The predicted octanol–water partition coefficient (Wildman–Crippen LogP) is 3.42. The number of nitrogens with one attached hydrogen (secondary N) is 2. The minimum Gasteiger partial charge on any atom is -0.381 e. The molecule has 28 heavy (non-hydrogen) atoms. The Morgan fingerprint density at radius 1 is 1.32 bits per heavy atom. The van der Waals surface area contributed by atoms with Crippen molar-refractivity contribution >= 4 is 17.6 Å². The lowest BCUT2D eigenvalue weighted by Crippen LogP contribution is -2.38. The molecule has 0 spiro atoms. The van der Waals surface area contributed by atoms with Crippen LogP contribution in [0.15, 0.2) is 29.3 Å². The van der Waals surface area contributed by atoms with Gasteiger partial charge < -0.3 is 24.8 Å². The van der Waals surface area contributed by atoms with Gasteiger partial charge in [0.05, 0.1) is 6.54 Å². The minimum absolute atomic E-state index is 0.128. The lowest BCUT2D eigenvalue weighted by atomic mass is 10.0. The van der Waals surface area contributed by atoms with Crippen LogP contribution in [0.25, 0.3) is 0 Å². The molecule has 1 unspecified atom stereocenters. The van der Waals surface area contributed by atoms with Crippen LogP contribution in [0.4, 0.5) is 0 Å². The molecule has 1 fully saturated rings. The van der Waals surface area contributed by atoms with Crippen LogP contribution in [0.1, 0.15) is 37.9 Å². The van der Waals surface area contributed by atoms with E-state index in [4.69, 9.17) is 25.8 Å². The summed E-state index contributed by atoms with van der Waals surface area (Å²) in [5.74, 6) is 1.44. The maximum absolute atomic E-state index is 6.08. The minimum atomic E-state index is -0.128. The number of benzene rings is 1. The first-order valence-corrected chi connectivity index (χ1v) is 10.6. The number of hydrogen-bond acceptors (Lipinski definition) is 4. The van der Waals surface area contributed by atoms with Crippen LogP contribution in [-0.4, -0.2) is 59.1 Å². The summed E-state index contributed by atoms with van der Waals surface area (Å²) in [5.41, 5.74) is 1.02. The van der Waals surface area contributed by atoms with Crippen LogP contribution in [-0.2, 0) is 14.2 Å². The van der Waals surface area contributed by atoms with Crippen LogP contribution in [0, 0.1) is 5.92 Å². The third-order valence-electron chi connectivity index (χ3n) is 4.72. The molecule has 0 aromatic heterocycles. The molecule has 0 saturated carbocycles. The molecule has 1 saturated heterocycles. The number of nitrogens with zero attached hydrogens (tertiary/aromatic N) is 1.